The predicted molar refractivity (Wildman–Crippen MR) is 110 cm³/mol. The number of unbranched alkanes of at least 4 members (excludes halogenated alkanes) is 7. The van der Waals surface area contributed by atoms with Gasteiger partial charge in [0, 0.05) is 6.07 Å². The van der Waals surface area contributed by atoms with Gasteiger partial charge in [-0.25, -0.2) is 13.8 Å². The van der Waals surface area contributed by atoms with Crippen LogP contribution in [0.3, 0.4) is 0 Å². The first-order valence-electron chi connectivity index (χ1n) is 9.44. The van der Waals surface area contributed by atoms with Gasteiger partial charge in [0.15, 0.2) is 0 Å². The van der Waals surface area contributed by atoms with Gasteiger partial charge in [-0.1, -0.05) is 51.9 Å². The fraction of sp³-hybridized carbons (Fsp3) is 0.579. The highest BCUT2D eigenvalue weighted by molar-refractivity contribution is 6.04. The van der Waals surface area contributed by atoms with E-state index in [2.05, 4.69) is 16.9 Å². The van der Waals surface area contributed by atoms with Crippen molar-refractivity contribution in [1.82, 2.24) is 0 Å². The first-order chi connectivity index (χ1) is 12.5. The molecule has 1 heterocycles. The van der Waals surface area contributed by atoms with E-state index in [-0.39, 0.29) is 30.0 Å². The van der Waals surface area contributed by atoms with Gasteiger partial charge in [0.25, 0.3) is 0 Å². The van der Waals surface area contributed by atoms with Crippen LogP contribution in [0.2, 0.25) is 0 Å². The zero-order valence-electron chi connectivity index (χ0n) is 15.8. The van der Waals surface area contributed by atoms with Crippen LogP contribution in [0.25, 0.3) is 0 Å². The summed E-state index contributed by atoms with van der Waals surface area (Å²) in [6.45, 7) is 2.21. The van der Waals surface area contributed by atoms with Gasteiger partial charge < -0.3 is 11.5 Å². The van der Waals surface area contributed by atoms with Crippen molar-refractivity contribution < 1.29 is 8.78 Å². The van der Waals surface area contributed by atoms with Crippen LogP contribution in [0.5, 0.6) is 0 Å². The zero-order valence-corrected chi connectivity index (χ0v) is 16.7. The molecule has 0 aliphatic carbocycles. The fourth-order valence-corrected chi connectivity index (χ4v) is 3.18. The number of guanidine groups is 2. The van der Waals surface area contributed by atoms with Gasteiger partial charge in [0.2, 0.25) is 11.9 Å². The molecule has 0 saturated carbocycles. The molecule has 0 spiro atoms. The Labute approximate surface area is 166 Å². The van der Waals surface area contributed by atoms with Crippen molar-refractivity contribution in [3.8, 4) is 0 Å². The number of halogens is 3. The van der Waals surface area contributed by atoms with Gasteiger partial charge in [-0.2, -0.15) is 4.99 Å². The summed E-state index contributed by atoms with van der Waals surface area (Å²) in [7, 11) is 0. The van der Waals surface area contributed by atoms with Crippen molar-refractivity contribution >= 4 is 30.0 Å². The van der Waals surface area contributed by atoms with E-state index in [1.54, 1.807) is 0 Å². The van der Waals surface area contributed by atoms with Crippen LogP contribution in [0, 0.1) is 11.6 Å². The number of benzene rings is 1. The number of nitrogens with two attached hydrogens (primary N) is 2. The van der Waals surface area contributed by atoms with E-state index in [1.807, 2.05) is 0 Å². The number of anilines is 1. The van der Waals surface area contributed by atoms with Gasteiger partial charge >= 0.3 is 0 Å². The third-order valence-corrected chi connectivity index (χ3v) is 4.54. The molecule has 1 unspecified atom stereocenters. The summed E-state index contributed by atoms with van der Waals surface area (Å²) in [5.41, 5.74) is 11.8. The molecule has 0 amide bonds. The quantitative estimate of drug-likeness (QED) is 0.558. The van der Waals surface area contributed by atoms with Crippen LogP contribution >= 0.6 is 12.4 Å². The second-order valence-corrected chi connectivity index (χ2v) is 6.67. The Bertz CT molecular complexity index is 651. The summed E-state index contributed by atoms with van der Waals surface area (Å²) in [6, 6.07) is 3.38. The molecule has 0 aromatic heterocycles. The van der Waals surface area contributed by atoms with Crippen LogP contribution in [-0.4, -0.2) is 18.1 Å². The largest absolute Gasteiger partial charge is 0.369 e. The second kappa shape index (κ2) is 11.7. The molecule has 1 atom stereocenters. The lowest BCUT2D eigenvalue weighted by Gasteiger charge is -2.32. The van der Waals surface area contributed by atoms with E-state index < -0.39 is 17.8 Å². The lowest BCUT2D eigenvalue weighted by Crippen LogP contribution is -2.49. The molecule has 1 aromatic carbocycles. The Morgan fingerprint density at radius 3 is 2.26 bits per heavy atom. The molecule has 0 saturated heterocycles. The summed E-state index contributed by atoms with van der Waals surface area (Å²) in [6.07, 6.45) is 9.79. The van der Waals surface area contributed by atoms with Crippen molar-refractivity contribution in [2.24, 2.45) is 21.5 Å². The molecule has 1 aliphatic heterocycles. The number of aliphatic imine (C=N–C) groups is 2. The molecule has 27 heavy (non-hydrogen) atoms. The molecule has 1 aliphatic rings. The zero-order chi connectivity index (χ0) is 18.9. The first-order valence-corrected chi connectivity index (χ1v) is 9.44. The van der Waals surface area contributed by atoms with Crippen molar-refractivity contribution in [2.75, 3.05) is 4.90 Å². The summed E-state index contributed by atoms with van der Waals surface area (Å²) >= 11 is 0. The Kier molecular flexibility index (Phi) is 10.1. The van der Waals surface area contributed by atoms with E-state index in [0.717, 1.165) is 18.9 Å². The van der Waals surface area contributed by atoms with Crippen molar-refractivity contribution in [2.45, 2.75) is 70.9 Å². The van der Waals surface area contributed by atoms with E-state index in [0.29, 0.717) is 6.42 Å². The topological polar surface area (TPSA) is 80.0 Å². The van der Waals surface area contributed by atoms with Gasteiger partial charge in [0.05, 0.1) is 5.69 Å². The van der Waals surface area contributed by atoms with Gasteiger partial charge in [-0.3, -0.25) is 4.90 Å². The van der Waals surface area contributed by atoms with Gasteiger partial charge in [0.1, 0.15) is 17.8 Å². The molecule has 0 fully saturated rings. The Morgan fingerprint density at radius 1 is 1.00 bits per heavy atom. The maximum absolute atomic E-state index is 14.2. The molecular formula is C19H30ClF2N5. The minimum absolute atomic E-state index is 0. The van der Waals surface area contributed by atoms with Gasteiger partial charge in [-0.15, -0.1) is 12.4 Å². The minimum Gasteiger partial charge on any atom is -0.369 e. The maximum Gasteiger partial charge on any atom is 0.220 e. The van der Waals surface area contributed by atoms with E-state index >= 15 is 0 Å². The van der Waals surface area contributed by atoms with E-state index in [9.17, 15) is 8.78 Å². The summed E-state index contributed by atoms with van der Waals surface area (Å²) in [4.78, 5) is 9.73. The molecule has 4 N–H and O–H groups in total. The third-order valence-electron chi connectivity index (χ3n) is 4.54. The summed E-state index contributed by atoms with van der Waals surface area (Å²) < 4.78 is 27.4. The van der Waals surface area contributed by atoms with Crippen molar-refractivity contribution in [3.63, 3.8) is 0 Å². The standard InChI is InChI=1S/C19H29F2N5.ClH/c1-2-3-4-5-6-7-8-9-10-17-24-18(22)25-19(23)26(17)16-12-11-14(20)13-15(16)21;/h11-13,17H,2-10H2,1H3,(H4,22,23,24,25);1H. The molecule has 2 rings (SSSR count). The molecule has 0 radical (unpaired) electrons. The van der Waals surface area contributed by atoms with Crippen molar-refractivity contribution in [3.05, 3.63) is 29.8 Å². The average molecular weight is 402 g/mol. The second-order valence-electron chi connectivity index (χ2n) is 6.67. The van der Waals surface area contributed by atoms with Gasteiger partial charge in [-0.05, 0) is 25.0 Å². The average Bonchev–Trinajstić information content (AvgIpc) is 2.58. The number of nitrogens with zero attached hydrogens (tertiary/aromatic N) is 3. The lowest BCUT2D eigenvalue weighted by atomic mass is 10.1. The molecule has 152 valence electrons. The SMILES string of the molecule is CCCCCCCCCCC1N=C(N)N=C(N)N1c1ccc(F)cc1F.Cl. The van der Waals surface area contributed by atoms with Crippen LogP contribution < -0.4 is 16.4 Å². The van der Waals surface area contributed by atoms with Crippen LogP contribution in [-0.2, 0) is 0 Å². The molecule has 5 nitrogen and oxygen atoms in total. The minimum atomic E-state index is -0.695. The van der Waals surface area contributed by atoms with Crippen LogP contribution in [0.15, 0.2) is 28.2 Å². The Balaban J connectivity index is 0.00000364. The molecule has 0 bridgehead atoms. The third kappa shape index (κ3) is 6.97. The normalized spacial score (nSPS) is 16.6. The maximum atomic E-state index is 14.2. The fourth-order valence-electron chi connectivity index (χ4n) is 3.18. The summed E-state index contributed by atoms with van der Waals surface area (Å²) in [5, 5.41) is 0. The summed E-state index contributed by atoms with van der Waals surface area (Å²) in [5.74, 6) is -1.17. The molecular weight excluding hydrogens is 372 g/mol. The lowest BCUT2D eigenvalue weighted by molar-refractivity contribution is 0.524. The number of hydrogen-bond acceptors (Lipinski definition) is 5. The highest BCUT2D eigenvalue weighted by Gasteiger charge is 2.27. The van der Waals surface area contributed by atoms with E-state index in [4.69, 9.17) is 11.5 Å². The Hall–Kier alpha value is -1.89. The highest BCUT2D eigenvalue weighted by atomic mass is 35.5. The van der Waals surface area contributed by atoms with E-state index in [1.165, 1.54) is 55.6 Å². The monoisotopic (exact) mass is 401 g/mol. The highest BCUT2D eigenvalue weighted by Crippen LogP contribution is 2.26. The number of rotatable bonds is 10. The van der Waals surface area contributed by atoms with Crippen molar-refractivity contribution in [1.29, 1.82) is 0 Å². The number of hydrogen-bond donors (Lipinski definition) is 2. The molecule has 8 heteroatoms. The van der Waals surface area contributed by atoms with Crippen LogP contribution in [0.1, 0.15) is 64.7 Å². The first kappa shape index (κ1) is 23.1. The smallest absolute Gasteiger partial charge is 0.220 e. The molecule has 1 aromatic rings. The predicted octanol–water partition coefficient (Wildman–Crippen LogP) is 4.69. The Morgan fingerprint density at radius 2 is 1.63 bits per heavy atom. The van der Waals surface area contributed by atoms with Crippen LogP contribution in [0.4, 0.5) is 14.5 Å².